The molecule has 0 heterocycles. The highest BCUT2D eigenvalue weighted by Gasteiger charge is 2.09. The van der Waals surface area contributed by atoms with Crippen LogP contribution in [-0.4, -0.2) is 0 Å². The second kappa shape index (κ2) is 5.43. The summed E-state index contributed by atoms with van der Waals surface area (Å²) in [4.78, 5) is 0.517. The monoisotopic (exact) mass is 240 g/mol. The van der Waals surface area contributed by atoms with Crippen LogP contribution in [0.3, 0.4) is 0 Å². The molecule has 0 saturated heterocycles. The fourth-order valence-electron chi connectivity index (χ4n) is 1.32. The van der Waals surface area contributed by atoms with E-state index in [1.54, 1.807) is 0 Å². The molecule has 0 bridgehead atoms. The number of halogens is 1. The maximum absolute atomic E-state index is 3.73. The van der Waals surface area contributed by atoms with Crippen molar-refractivity contribution in [1.82, 2.24) is 0 Å². The summed E-state index contributed by atoms with van der Waals surface area (Å²) in [6.07, 6.45) is 2.48. The molecule has 0 aliphatic carbocycles. The third-order valence-electron chi connectivity index (χ3n) is 2.47. The Morgan fingerprint density at radius 3 is 2.38 bits per heavy atom. The molecule has 1 aromatic rings. The van der Waals surface area contributed by atoms with Crippen LogP contribution < -0.4 is 0 Å². The van der Waals surface area contributed by atoms with Crippen molar-refractivity contribution >= 4 is 15.9 Å². The molecule has 0 aromatic heterocycles. The molecule has 72 valence electrons. The Kier molecular flexibility index (Phi) is 4.51. The summed E-state index contributed by atoms with van der Waals surface area (Å²) in [7, 11) is 0. The van der Waals surface area contributed by atoms with Gasteiger partial charge in [-0.2, -0.15) is 0 Å². The molecule has 1 heteroatoms. The highest BCUT2D eigenvalue weighted by Crippen LogP contribution is 2.30. The molecule has 0 N–H and O–H groups in total. The van der Waals surface area contributed by atoms with E-state index in [0.29, 0.717) is 4.83 Å². The van der Waals surface area contributed by atoms with Gasteiger partial charge in [-0.1, -0.05) is 66.5 Å². The molecule has 0 amide bonds. The first kappa shape index (κ1) is 10.8. The molecule has 0 saturated carbocycles. The van der Waals surface area contributed by atoms with E-state index in [2.05, 4.69) is 60.1 Å². The van der Waals surface area contributed by atoms with Gasteiger partial charge in [0, 0.05) is 4.83 Å². The Morgan fingerprint density at radius 1 is 1.23 bits per heavy atom. The number of alkyl halides is 1. The topological polar surface area (TPSA) is 0 Å². The number of hydrogen-bond donors (Lipinski definition) is 0. The molecule has 0 aliphatic rings. The van der Waals surface area contributed by atoms with Crippen molar-refractivity contribution in [3.05, 3.63) is 35.9 Å². The van der Waals surface area contributed by atoms with E-state index in [1.807, 2.05) is 0 Å². The van der Waals surface area contributed by atoms with E-state index in [9.17, 15) is 0 Å². The molecule has 0 radical (unpaired) electrons. The summed E-state index contributed by atoms with van der Waals surface area (Å²) in [5.74, 6) is 0.796. The number of rotatable bonds is 4. The molecule has 0 nitrogen and oxygen atoms in total. The molecule has 13 heavy (non-hydrogen) atoms. The molecule has 0 fully saturated rings. The SMILES string of the molecule is CCC(C)CC(Br)c1ccccc1. The fraction of sp³-hybridized carbons (Fsp3) is 0.500. The van der Waals surface area contributed by atoms with Gasteiger partial charge in [-0.3, -0.25) is 0 Å². The first-order chi connectivity index (χ1) is 6.24. The minimum Gasteiger partial charge on any atom is -0.0839 e. The van der Waals surface area contributed by atoms with E-state index < -0.39 is 0 Å². The van der Waals surface area contributed by atoms with Crippen LogP contribution in [0.1, 0.15) is 37.1 Å². The van der Waals surface area contributed by atoms with Gasteiger partial charge in [-0.25, -0.2) is 0 Å². The minimum atomic E-state index is 0.517. The highest BCUT2D eigenvalue weighted by molar-refractivity contribution is 9.09. The summed E-state index contributed by atoms with van der Waals surface area (Å²) >= 11 is 3.73. The van der Waals surface area contributed by atoms with E-state index in [4.69, 9.17) is 0 Å². The first-order valence-electron chi connectivity index (χ1n) is 4.93. The zero-order valence-electron chi connectivity index (χ0n) is 8.33. The normalized spacial score (nSPS) is 15.3. The van der Waals surface area contributed by atoms with Crippen LogP contribution in [0, 0.1) is 5.92 Å². The summed E-state index contributed by atoms with van der Waals surface area (Å²) in [6.45, 7) is 4.55. The van der Waals surface area contributed by atoms with Crippen LogP contribution in [0.4, 0.5) is 0 Å². The number of hydrogen-bond acceptors (Lipinski definition) is 0. The lowest BCUT2D eigenvalue weighted by Crippen LogP contribution is -1.98. The first-order valence-corrected chi connectivity index (χ1v) is 5.84. The molecule has 0 spiro atoms. The average molecular weight is 241 g/mol. The summed E-state index contributed by atoms with van der Waals surface area (Å²) in [6, 6.07) is 10.6. The van der Waals surface area contributed by atoms with Crippen molar-refractivity contribution < 1.29 is 0 Å². The van der Waals surface area contributed by atoms with E-state index in [0.717, 1.165) is 5.92 Å². The predicted octanol–water partition coefficient (Wildman–Crippen LogP) is 4.56. The zero-order chi connectivity index (χ0) is 9.68. The van der Waals surface area contributed by atoms with Crippen LogP contribution in [0.5, 0.6) is 0 Å². The maximum atomic E-state index is 3.73. The van der Waals surface area contributed by atoms with Gasteiger partial charge >= 0.3 is 0 Å². The van der Waals surface area contributed by atoms with Crippen LogP contribution in [0.15, 0.2) is 30.3 Å². The predicted molar refractivity (Wildman–Crippen MR) is 62.2 cm³/mol. The van der Waals surface area contributed by atoms with Crippen molar-refractivity contribution in [3.63, 3.8) is 0 Å². The second-order valence-electron chi connectivity index (χ2n) is 3.63. The van der Waals surface area contributed by atoms with Crippen molar-refractivity contribution in [2.75, 3.05) is 0 Å². The average Bonchev–Trinajstić information content (AvgIpc) is 2.19. The highest BCUT2D eigenvalue weighted by atomic mass is 79.9. The van der Waals surface area contributed by atoms with Gasteiger partial charge in [0.2, 0.25) is 0 Å². The quantitative estimate of drug-likeness (QED) is 0.678. The van der Waals surface area contributed by atoms with Gasteiger partial charge in [0.05, 0.1) is 0 Å². The second-order valence-corrected chi connectivity index (χ2v) is 4.73. The van der Waals surface area contributed by atoms with Gasteiger partial charge in [0.25, 0.3) is 0 Å². The smallest absolute Gasteiger partial charge is 0.0397 e. The van der Waals surface area contributed by atoms with Crippen LogP contribution >= 0.6 is 15.9 Å². The standard InChI is InChI=1S/C12H17Br/c1-3-10(2)9-12(13)11-7-5-4-6-8-11/h4-8,10,12H,3,9H2,1-2H3. The number of benzene rings is 1. The lowest BCUT2D eigenvalue weighted by molar-refractivity contribution is 0.514. The van der Waals surface area contributed by atoms with Crippen molar-refractivity contribution in [2.24, 2.45) is 5.92 Å². The zero-order valence-corrected chi connectivity index (χ0v) is 9.92. The molecular formula is C12H17Br. The minimum absolute atomic E-state index is 0.517. The molecule has 1 aromatic carbocycles. The Balaban J connectivity index is 2.53. The summed E-state index contributed by atoms with van der Waals surface area (Å²) < 4.78 is 0. The van der Waals surface area contributed by atoms with Crippen LogP contribution in [0.2, 0.25) is 0 Å². The van der Waals surface area contributed by atoms with E-state index in [1.165, 1.54) is 18.4 Å². The van der Waals surface area contributed by atoms with Crippen LogP contribution in [-0.2, 0) is 0 Å². The molecule has 1 rings (SSSR count). The van der Waals surface area contributed by atoms with Gasteiger partial charge in [-0.05, 0) is 17.9 Å². The van der Waals surface area contributed by atoms with E-state index >= 15 is 0 Å². The van der Waals surface area contributed by atoms with Gasteiger partial charge in [0.1, 0.15) is 0 Å². The Labute approximate surface area is 89.5 Å². The van der Waals surface area contributed by atoms with Gasteiger partial charge < -0.3 is 0 Å². The molecular weight excluding hydrogens is 224 g/mol. The van der Waals surface area contributed by atoms with Crippen molar-refractivity contribution in [2.45, 2.75) is 31.5 Å². The van der Waals surface area contributed by atoms with Gasteiger partial charge in [0.15, 0.2) is 0 Å². The maximum Gasteiger partial charge on any atom is 0.0397 e. The molecule has 2 atom stereocenters. The third kappa shape index (κ3) is 3.51. The van der Waals surface area contributed by atoms with Crippen molar-refractivity contribution in [3.8, 4) is 0 Å². The Morgan fingerprint density at radius 2 is 1.85 bits per heavy atom. The lowest BCUT2D eigenvalue weighted by Gasteiger charge is -2.14. The fourth-order valence-corrected chi connectivity index (χ4v) is 2.26. The molecule has 0 aliphatic heterocycles. The summed E-state index contributed by atoms with van der Waals surface area (Å²) in [5.41, 5.74) is 1.39. The van der Waals surface area contributed by atoms with E-state index in [-0.39, 0.29) is 0 Å². The molecule has 2 unspecified atom stereocenters. The largest absolute Gasteiger partial charge is 0.0839 e. The Bertz CT molecular complexity index is 230. The lowest BCUT2D eigenvalue weighted by atomic mass is 9.99. The third-order valence-corrected chi connectivity index (χ3v) is 3.37. The summed E-state index contributed by atoms with van der Waals surface area (Å²) in [5, 5.41) is 0. The Hall–Kier alpha value is -0.300. The van der Waals surface area contributed by atoms with Crippen LogP contribution in [0.25, 0.3) is 0 Å². The van der Waals surface area contributed by atoms with Gasteiger partial charge in [-0.15, -0.1) is 0 Å². The van der Waals surface area contributed by atoms with Crippen molar-refractivity contribution in [1.29, 1.82) is 0 Å².